The molecule has 96 valence electrons. The molecule has 1 aromatic heterocycles. The highest BCUT2D eigenvalue weighted by Crippen LogP contribution is 2.17. The van der Waals surface area contributed by atoms with E-state index in [0.717, 1.165) is 24.3 Å². The Kier molecular flexibility index (Phi) is 5.91. The van der Waals surface area contributed by atoms with Crippen molar-refractivity contribution in [3.63, 3.8) is 0 Å². The smallest absolute Gasteiger partial charge is 0.141 e. The van der Waals surface area contributed by atoms with Crippen molar-refractivity contribution in [2.24, 2.45) is 0 Å². The number of nitrogens with zero attached hydrogens (tertiary/aromatic N) is 2. The second-order valence-corrected chi connectivity index (χ2v) is 4.30. The highest BCUT2D eigenvalue weighted by atomic mass is 19.1. The first-order valence-corrected chi connectivity index (χ1v) is 6.19. The van der Waals surface area contributed by atoms with E-state index in [1.54, 1.807) is 6.07 Å². The number of rotatable bonds is 7. The Labute approximate surface area is 103 Å². The Morgan fingerprint density at radius 3 is 2.82 bits per heavy atom. The molecule has 1 rings (SSSR count). The van der Waals surface area contributed by atoms with Crippen molar-refractivity contribution in [3.8, 4) is 0 Å². The van der Waals surface area contributed by atoms with Crippen molar-refractivity contribution in [3.05, 3.63) is 23.6 Å². The number of halogens is 1. The number of hydrogen-bond acceptors (Lipinski definition) is 3. The van der Waals surface area contributed by atoms with E-state index in [2.05, 4.69) is 22.1 Å². The first-order chi connectivity index (χ1) is 8.19. The Morgan fingerprint density at radius 2 is 2.18 bits per heavy atom. The third kappa shape index (κ3) is 4.30. The van der Waals surface area contributed by atoms with E-state index in [1.807, 2.05) is 14.1 Å². The highest BCUT2D eigenvalue weighted by molar-refractivity contribution is 5.46. The van der Waals surface area contributed by atoms with E-state index in [0.29, 0.717) is 6.54 Å². The second-order valence-electron chi connectivity index (χ2n) is 4.30. The van der Waals surface area contributed by atoms with Gasteiger partial charge in [0.15, 0.2) is 0 Å². The maximum atomic E-state index is 13.1. The Balaban J connectivity index is 2.73. The number of unbranched alkanes of at least 4 members (excludes halogenated alkanes) is 2. The fraction of sp³-hybridized carbons (Fsp3) is 0.615. The van der Waals surface area contributed by atoms with Crippen LogP contribution in [0.15, 0.2) is 12.3 Å². The molecule has 1 aromatic rings. The molecule has 3 nitrogen and oxygen atoms in total. The third-order valence-electron chi connectivity index (χ3n) is 2.74. The summed E-state index contributed by atoms with van der Waals surface area (Å²) in [7, 11) is 3.86. The summed E-state index contributed by atoms with van der Waals surface area (Å²) >= 11 is 0. The van der Waals surface area contributed by atoms with E-state index in [1.165, 1.54) is 19.0 Å². The van der Waals surface area contributed by atoms with Gasteiger partial charge in [-0.1, -0.05) is 19.8 Å². The van der Waals surface area contributed by atoms with Crippen LogP contribution in [0.3, 0.4) is 0 Å². The monoisotopic (exact) mass is 239 g/mol. The zero-order valence-electron chi connectivity index (χ0n) is 11.0. The average molecular weight is 239 g/mol. The molecule has 1 N–H and O–H groups in total. The fourth-order valence-electron chi connectivity index (χ4n) is 1.84. The molecule has 0 atom stereocenters. The number of anilines is 1. The minimum absolute atomic E-state index is 0.277. The zero-order chi connectivity index (χ0) is 12.7. The number of nitrogens with one attached hydrogen (secondary N) is 1. The maximum Gasteiger partial charge on any atom is 0.141 e. The number of hydrogen-bond donors (Lipinski definition) is 1. The van der Waals surface area contributed by atoms with Gasteiger partial charge < -0.3 is 10.2 Å². The molecular formula is C13H22FN3. The summed E-state index contributed by atoms with van der Waals surface area (Å²) in [4.78, 5) is 6.29. The van der Waals surface area contributed by atoms with E-state index >= 15 is 0 Å². The van der Waals surface area contributed by atoms with Gasteiger partial charge in [0.25, 0.3) is 0 Å². The first kappa shape index (κ1) is 13.9. The summed E-state index contributed by atoms with van der Waals surface area (Å²) in [5, 5.41) is 3.04. The molecule has 0 fully saturated rings. The van der Waals surface area contributed by atoms with E-state index in [9.17, 15) is 4.39 Å². The van der Waals surface area contributed by atoms with Crippen molar-refractivity contribution in [2.75, 3.05) is 25.5 Å². The molecule has 0 unspecified atom stereocenters. The van der Waals surface area contributed by atoms with Crippen LogP contribution in [0.4, 0.5) is 10.2 Å². The lowest BCUT2D eigenvalue weighted by atomic mass is 10.2. The van der Waals surface area contributed by atoms with Gasteiger partial charge in [-0.25, -0.2) is 9.37 Å². The third-order valence-corrected chi connectivity index (χ3v) is 2.74. The molecule has 0 spiro atoms. The van der Waals surface area contributed by atoms with E-state index < -0.39 is 0 Å². The summed E-state index contributed by atoms with van der Waals surface area (Å²) in [5.74, 6) is 0.595. The molecular weight excluding hydrogens is 217 g/mol. The largest absolute Gasteiger partial charge is 0.359 e. The van der Waals surface area contributed by atoms with Crippen LogP contribution in [0.1, 0.15) is 31.7 Å². The molecule has 0 aliphatic rings. The van der Waals surface area contributed by atoms with Crippen molar-refractivity contribution in [1.82, 2.24) is 10.3 Å². The quantitative estimate of drug-likeness (QED) is 0.741. The van der Waals surface area contributed by atoms with Gasteiger partial charge >= 0.3 is 0 Å². The number of aromatic nitrogens is 1. The predicted octanol–water partition coefficient (Wildman–Crippen LogP) is 2.57. The zero-order valence-corrected chi connectivity index (χ0v) is 11.0. The molecule has 0 amide bonds. The summed E-state index contributed by atoms with van der Waals surface area (Å²) < 4.78 is 13.1. The Bertz CT molecular complexity index is 341. The lowest BCUT2D eigenvalue weighted by Crippen LogP contribution is -2.22. The van der Waals surface area contributed by atoms with Gasteiger partial charge in [0.1, 0.15) is 11.6 Å². The fourth-order valence-corrected chi connectivity index (χ4v) is 1.84. The highest BCUT2D eigenvalue weighted by Gasteiger charge is 2.09. The minimum Gasteiger partial charge on any atom is -0.359 e. The van der Waals surface area contributed by atoms with Crippen molar-refractivity contribution in [2.45, 2.75) is 32.7 Å². The molecule has 1 heterocycles. The van der Waals surface area contributed by atoms with E-state index in [-0.39, 0.29) is 5.82 Å². The van der Waals surface area contributed by atoms with Gasteiger partial charge in [-0.3, -0.25) is 0 Å². The SMILES string of the molecule is CCCCCN(C)c1ncc(F)cc1CNC. The van der Waals surface area contributed by atoms with Crippen molar-refractivity contribution >= 4 is 5.82 Å². The second kappa shape index (κ2) is 7.22. The van der Waals surface area contributed by atoms with Crippen LogP contribution in [0.25, 0.3) is 0 Å². The molecule has 0 aliphatic heterocycles. The van der Waals surface area contributed by atoms with Crippen LogP contribution in [-0.2, 0) is 6.54 Å². The summed E-state index contributed by atoms with van der Waals surface area (Å²) in [6, 6.07) is 1.55. The van der Waals surface area contributed by atoms with Crippen LogP contribution in [0.5, 0.6) is 0 Å². The van der Waals surface area contributed by atoms with E-state index in [4.69, 9.17) is 0 Å². The maximum absolute atomic E-state index is 13.1. The summed E-state index contributed by atoms with van der Waals surface area (Å²) in [6.07, 6.45) is 4.84. The van der Waals surface area contributed by atoms with Gasteiger partial charge in [-0.15, -0.1) is 0 Å². The lowest BCUT2D eigenvalue weighted by molar-refractivity contribution is 0.614. The summed E-state index contributed by atoms with van der Waals surface area (Å²) in [5.41, 5.74) is 0.909. The van der Waals surface area contributed by atoms with Gasteiger partial charge in [0, 0.05) is 25.7 Å². The van der Waals surface area contributed by atoms with Gasteiger partial charge in [0.2, 0.25) is 0 Å². The molecule has 0 aliphatic carbocycles. The normalized spacial score (nSPS) is 10.6. The first-order valence-electron chi connectivity index (χ1n) is 6.19. The topological polar surface area (TPSA) is 28.2 Å². The van der Waals surface area contributed by atoms with Crippen LogP contribution < -0.4 is 10.2 Å². The van der Waals surface area contributed by atoms with Gasteiger partial charge in [-0.05, 0) is 19.5 Å². The van der Waals surface area contributed by atoms with Gasteiger partial charge in [-0.2, -0.15) is 0 Å². The molecule has 0 saturated heterocycles. The summed E-state index contributed by atoms with van der Waals surface area (Å²) in [6.45, 7) is 3.78. The van der Waals surface area contributed by atoms with Crippen molar-refractivity contribution in [1.29, 1.82) is 0 Å². The van der Waals surface area contributed by atoms with Crippen LogP contribution in [-0.4, -0.2) is 25.6 Å². The van der Waals surface area contributed by atoms with Crippen molar-refractivity contribution < 1.29 is 4.39 Å². The lowest BCUT2D eigenvalue weighted by Gasteiger charge is -2.21. The standard InChI is InChI=1S/C13H22FN3/c1-4-5-6-7-17(3)13-11(9-15-2)8-12(14)10-16-13/h8,10,15H,4-7,9H2,1-3H3. The van der Waals surface area contributed by atoms with Gasteiger partial charge in [0.05, 0.1) is 6.20 Å². The molecule has 0 bridgehead atoms. The molecule has 17 heavy (non-hydrogen) atoms. The molecule has 0 radical (unpaired) electrons. The molecule has 4 heteroatoms. The van der Waals surface area contributed by atoms with Crippen LogP contribution in [0, 0.1) is 5.82 Å². The Hall–Kier alpha value is -1.16. The Morgan fingerprint density at radius 1 is 1.41 bits per heavy atom. The molecule has 0 aromatic carbocycles. The molecule has 0 saturated carbocycles. The number of pyridine rings is 1. The van der Waals surface area contributed by atoms with Crippen LogP contribution in [0.2, 0.25) is 0 Å². The predicted molar refractivity (Wildman–Crippen MR) is 69.8 cm³/mol. The average Bonchev–Trinajstić information content (AvgIpc) is 2.30. The van der Waals surface area contributed by atoms with Crippen LogP contribution >= 0.6 is 0 Å². The minimum atomic E-state index is -0.277.